The van der Waals surface area contributed by atoms with E-state index >= 15 is 0 Å². The number of benzene rings is 2. The first-order chi connectivity index (χ1) is 11.9. The molecule has 1 N–H and O–H groups in total. The van der Waals surface area contributed by atoms with E-state index in [-0.39, 0.29) is 10.7 Å². The van der Waals surface area contributed by atoms with Gasteiger partial charge in [-0.2, -0.15) is 0 Å². The normalized spacial score (nSPS) is 11.2. The number of fused-ring (bicyclic) bond motifs is 1. The molecule has 0 radical (unpaired) electrons. The van der Waals surface area contributed by atoms with Crippen LogP contribution in [0, 0.1) is 0 Å². The highest BCUT2D eigenvalue weighted by Gasteiger charge is 2.19. The summed E-state index contributed by atoms with van der Waals surface area (Å²) < 4.78 is 7.46. The molecule has 0 bridgehead atoms. The highest BCUT2D eigenvalue weighted by atomic mass is 35.5. The Bertz CT molecular complexity index is 930. The number of carbonyl (C=O) groups is 1. The Morgan fingerprint density at radius 3 is 2.40 bits per heavy atom. The first-order valence-corrected chi connectivity index (χ1v) is 8.17. The van der Waals surface area contributed by atoms with Crippen molar-refractivity contribution in [1.29, 1.82) is 0 Å². The molecule has 0 aliphatic rings. The number of carboxylic acids is 1. The van der Waals surface area contributed by atoms with E-state index in [4.69, 9.17) is 16.3 Å². The number of hydrogen-bond acceptors (Lipinski definition) is 3. The van der Waals surface area contributed by atoms with Crippen molar-refractivity contribution in [3.8, 4) is 11.5 Å². The second-order valence-corrected chi connectivity index (χ2v) is 6.57. The van der Waals surface area contributed by atoms with Crippen molar-refractivity contribution in [3.63, 3.8) is 0 Å². The maximum Gasteiger partial charge on any atom is 0.354 e. The third-order valence-electron chi connectivity index (χ3n) is 3.97. The maximum absolute atomic E-state index is 11.4. The topological polar surface area (TPSA) is 54.7 Å². The van der Waals surface area contributed by atoms with Gasteiger partial charge in [-0.05, 0) is 43.9 Å². The third-order valence-corrected chi connectivity index (χ3v) is 4.35. The summed E-state index contributed by atoms with van der Waals surface area (Å²) in [5.41, 5.74) is 1.99. The lowest BCUT2D eigenvalue weighted by molar-refractivity contribution is 0.0687. The lowest BCUT2D eigenvalue weighted by Crippen LogP contribution is -2.10. The van der Waals surface area contributed by atoms with Crippen LogP contribution in [-0.2, 0) is 13.6 Å². The van der Waals surface area contributed by atoms with Crippen molar-refractivity contribution in [3.05, 3.63) is 58.7 Å². The molecule has 1 aromatic heterocycles. The number of aromatic carboxylic acids is 1. The molecule has 130 valence electrons. The zero-order valence-electron chi connectivity index (χ0n) is 14.3. The number of aryl methyl sites for hydroxylation is 1. The van der Waals surface area contributed by atoms with Crippen molar-refractivity contribution < 1.29 is 14.6 Å². The van der Waals surface area contributed by atoms with Gasteiger partial charge in [-0.15, -0.1) is 0 Å². The minimum atomic E-state index is -1.05. The molecule has 0 fully saturated rings. The van der Waals surface area contributed by atoms with E-state index in [0.29, 0.717) is 16.7 Å². The molecule has 25 heavy (non-hydrogen) atoms. The van der Waals surface area contributed by atoms with Gasteiger partial charge < -0.3 is 19.3 Å². The fourth-order valence-corrected chi connectivity index (χ4v) is 3.20. The smallest absolute Gasteiger partial charge is 0.354 e. The highest BCUT2D eigenvalue weighted by Crippen LogP contribution is 2.33. The molecule has 2 aromatic carbocycles. The molecule has 0 amide bonds. The second kappa shape index (κ2) is 6.78. The fourth-order valence-electron chi connectivity index (χ4n) is 2.83. The molecular formula is C19H19ClN2O3. The molecule has 0 saturated carbocycles. The Kier molecular flexibility index (Phi) is 4.70. The molecule has 0 aliphatic heterocycles. The zero-order valence-corrected chi connectivity index (χ0v) is 15.0. The van der Waals surface area contributed by atoms with Gasteiger partial charge in [0.15, 0.2) is 0 Å². The average molecular weight is 359 g/mol. The molecular weight excluding hydrogens is 340 g/mol. The van der Waals surface area contributed by atoms with Crippen LogP contribution in [0.2, 0.25) is 5.02 Å². The Balaban J connectivity index is 1.89. The van der Waals surface area contributed by atoms with Crippen molar-refractivity contribution in [2.75, 3.05) is 14.1 Å². The summed E-state index contributed by atoms with van der Waals surface area (Å²) in [5, 5.41) is 10.2. The number of nitrogens with zero attached hydrogens (tertiary/aromatic N) is 2. The van der Waals surface area contributed by atoms with Crippen LogP contribution in [0.1, 0.15) is 16.1 Å². The molecule has 0 unspecified atom stereocenters. The quantitative estimate of drug-likeness (QED) is 0.735. The Morgan fingerprint density at radius 2 is 1.80 bits per heavy atom. The van der Waals surface area contributed by atoms with Crippen LogP contribution >= 0.6 is 11.6 Å². The van der Waals surface area contributed by atoms with Crippen molar-refractivity contribution in [1.82, 2.24) is 9.47 Å². The molecule has 6 heteroatoms. The van der Waals surface area contributed by atoms with Gasteiger partial charge in [0, 0.05) is 25.0 Å². The predicted octanol–water partition coefficient (Wildman–Crippen LogP) is 4.38. The number of carboxylic acid groups (broad SMARTS) is 1. The minimum absolute atomic E-state index is 0.0712. The number of ether oxygens (including phenoxy) is 1. The number of rotatable bonds is 5. The van der Waals surface area contributed by atoms with Gasteiger partial charge in [-0.25, -0.2) is 4.79 Å². The van der Waals surface area contributed by atoms with Gasteiger partial charge >= 0.3 is 5.97 Å². The number of hydrogen-bond donors (Lipinski definition) is 1. The first-order valence-electron chi connectivity index (χ1n) is 7.79. The van der Waals surface area contributed by atoms with Crippen molar-refractivity contribution >= 4 is 28.5 Å². The van der Waals surface area contributed by atoms with Crippen molar-refractivity contribution in [2.45, 2.75) is 6.54 Å². The summed E-state index contributed by atoms with van der Waals surface area (Å²) in [4.78, 5) is 13.5. The van der Waals surface area contributed by atoms with E-state index in [0.717, 1.165) is 12.3 Å². The van der Waals surface area contributed by atoms with Gasteiger partial charge in [0.2, 0.25) is 0 Å². The summed E-state index contributed by atoms with van der Waals surface area (Å²) in [6.07, 6.45) is 0. The van der Waals surface area contributed by atoms with E-state index in [1.807, 2.05) is 38.4 Å². The number of aromatic nitrogens is 1. The number of halogens is 1. The molecule has 0 atom stereocenters. The van der Waals surface area contributed by atoms with Crippen LogP contribution in [-0.4, -0.2) is 34.6 Å². The summed E-state index contributed by atoms with van der Waals surface area (Å²) in [6, 6.07) is 13.2. The second-order valence-electron chi connectivity index (χ2n) is 6.19. The van der Waals surface area contributed by atoms with Gasteiger partial charge in [0.1, 0.15) is 17.2 Å². The summed E-state index contributed by atoms with van der Waals surface area (Å²) in [5.74, 6) is 0.297. The average Bonchev–Trinajstić information content (AvgIpc) is 2.80. The maximum atomic E-state index is 11.4. The third kappa shape index (κ3) is 3.48. The largest absolute Gasteiger partial charge is 0.477 e. The van der Waals surface area contributed by atoms with Crippen LogP contribution in [0.4, 0.5) is 0 Å². The van der Waals surface area contributed by atoms with E-state index in [1.54, 1.807) is 29.8 Å². The van der Waals surface area contributed by atoms with E-state index < -0.39 is 5.97 Å². The van der Waals surface area contributed by atoms with Crippen LogP contribution < -0.4 is 4.74 Å². The Hall–Kier alpha value is -2.50. The predicted molar refractivity (Wildman–Crippen MR) is 98.8 cm³/mol. The van der Waals surface area contributed by atoms with Crippen LogP contribution in [0.3, 0.4) is 0 Å². The minimum Gasteiger partial charge on any atom is -0.477 e. The van der Waals surface area contributed by atoms with E-state index in [2.05, 4.69) is 4.90 Å². The van der Waals surface area contributed by atoms with E-state index in [1.165, 1.54) is 5.56 Å². The molecule has 3 aromatic rings. The van der Waals surface area contributed by atoms with Gasteiger partial charge in [0.05, 0.1) is 10.5 Å². The Morgan fingerprint density at radius 1 is 1.16 bits per heavy atom. The van der Waals surface area contributed by atoms with Gasteiger partial charge in [0.25, 0.3) is 0 Å². The first kappa shape index (κ1) is 17.3. The lowest BCUT2D eigenvalue weighted by Gasteiger charge is -2.11. The molecule has 3 rings (SSSR count). The molecule has 5 nitrogen and oxygen atoms in total. The Labute approximate surface area is 151 Å². The standard InChI is InChI=1S/C19H19ClN2O3/c1-21(2)11-12-4-6-13(7-5-12)25-14-8-9-15-16(10-14)22(3)18(17(15)20)19(23)24/h4-10H,11H2,1-3H3,(H,23,24). The fraction of sp³-hybridized carbons (Fsp3) is 0.211. The monoisotopic (exact) mass is 358 g/mol. The SMILES string of the molecule is CN(C)Cc1ccc(Oc2ccc3c(Cl)c(C(=O)O)n(C)c3c2)cc1. The van der Waals surface area contributed by atoms with Gasteiger partial charge in [-0.3, -0.25) is 0 Å². The van der Waals surface area contributed by atoms with Crippen LogP contribution in [0.25, 0.3) is 10.9 Å². The zero-order chi connectivity index (χ0) is 18.1. The summed E-state index contributed by atoms with van der Waals surface area (Å²) in [6.45, 7) is 0.867. The molecule has 1 heterocycles. The van der Waals surface area contributed by atoms with Gasteiger partial charge in [-0.1, -0.05) is 23.7 Å². The molecule has 0 spiro atoms. The van der Waals surface area contributed by atoms with Crippen LogP contribution in [0.5, 0.6) is 11.5 Å². The summed E-state index contributed by atoms with van der Waals surface area (Å²) in [7, 11) is 5.73. The molecule has 0 aliphatic carbocycles. The molecule has 0 saturated heterocycles. The van der Waals surface area contributed by atoms with Crippen molar-refractivity contribution in [2.24, 2.45) is 7.05 Å². The lowest BCUT2D eigenvalue weighted by atomic mass is 10.2. The summed E-state index contributed by atoms with van der Waals surface area (Å²) >= 11 is 6.18. The van der Waals surface area contributed by atoms with Crippen LogP contribution in [0.15, 0.2) is 42.5 Å². The van der Waals surface area contributed by atoms with E-state index in [9.17, 15) is 9.90 Å². The highest BCUT2D eigenvalue weighted by molar-refractivity contribution is 6.38.